The van der Waals surface area contributed by atoms with E-state index >= 15 is 0 Å². The molecule has 0 radical (unpaired) electrons. The van der Waals surface area contributed by atoms with Crippen LogP contribution in [0, 0.1) is 6.92 Å². The second-order valence-electron chi connectivity index (χ2n) is 4.35. The van der Waals surface area contributed by atoms with E-state index in [1.54, 1.807) is 11.8 Å². The van der Waals surface area contributed by atoms with Gasteiger partial charge in [-0.25, -0.2) is 0 Å². The normalized spacial score (nSPS) is 15.2. The Balaban J connectivity index is 1.93. The third-order valence-electron chi connectivity index (χ3n) is 3.14. The van der Waals surface area contributed by atoms with Gasteiger partial charge >= 0.3 is 0 Å². The van der Waals surface area contributed by atoms with Gasteiger partial charge in [0.05, 0.1) is 5.75 Å². The molecule has 0 aromatic heterocycles. The third kappa shape index (κ3) is 2.94. The van der Waals surface area contributed by atoms with Crippen molar-refractivity contribution in [3.05, 3.63) is 23.8 Å². The number of carbonyl (C=O) groups is 1. The smallest absolute Gasteiger partial charge is 0.232 e. The zero-order valence-electron chi connectivity index (χ0n) is 10.1. The first-order chi connectivity index (χ1) is 8.18. The lowest BCUT2D eigenvalue weighted by molar-refractivity contribution is -0.127. The molecule has 0 atom stereocenters. The molecule has 2 rings (SSSR count). The minimum absolute atomic E-state index is 0.245. The van der Waals surface area contributed by atoms with Crippen LogP contribution in [0.15, 0.2) is 23.1 Å². The Bertz CT molecular complexity index is 414. The highest BCUT2D eigenvalue weighted by Gasteiger charge is 2.17. The summed E-state index contributed by atoms with van der Waals surface area (Å²) in [6.45, 7) is 3.85. The molecule has 1 amide bonds. The summed E-state index contributed by atoms with van der Waals surface area (Å²) in [4.78, 5) is 15.0. The highest BCUT2D eigenvalue weighted by atomic mass is 32.2. The minimum Gasteiger partial charge on any atom is -0.398 e. The van der Waals surface area contributed by atoms with Crippen LogP contribution in [0.25, 0.3) is 0 Å². The van der Waals surface area contributed by atoms with Gasteiger partial charge in [0, 0.05) is 23.7 Å². The summed E-state index contributed by atoms with van der Waals surface area (Å²) in [7, 11) is 0. The van der Waals surface area contributed by atoms with Crippen LogP contribution < -0.4 is 5.73 Å². The summed E-state index contributed by atoms with van der Waals surface area (Å²) in [6, 6.07) is 5.85. The largest absolute Gasteiger partial charge is 0.398 e. The van der Waals surface area contributed by atoms with Crippen LogP contribution in [-0.4, -0.2) is 29.6 Å². The van der Waals surface area contributed by atoms with Crippen molar-refractivity contribution in [2.75, 3.05) is 24.6 Å². The van der Waals surface area contributed by atoms with E-state index in [-0.39, 0.29) is 5.91 Å². The fourth-order valence-corrected chi connectivity index (χ4v) is 2.96. The summed E-state index contributed by atoms with van der Waals surface area (Å²) >= 11 is 1.58. The molecular weight excluding hydrogens is 232 g/mol. The number of carbonyl (C=O) groups excluding carboxylic acids is 1. The van der Waals surface area contributed by atoms with Crippen molar-refractivity contribution in [3.8, 4) is 0 Å². The zero-order chi connectivity index (χ0) is 12.3. The number of nitrogens with zero attached hydrogens (tertiary/aromatic N) is 1. The quantitative estimate of drug-likeness (QED) is 0.661. The van der Waals surface area contributed by atoms with Crippen molar-refractivity contribution in [1.29, 1.82) is 0 Å². The summed E-state index contributed by atoms with van der Waals surface area (Å²) in [6.07, 6.45) is 2.29. The number of nitrogen functional groups attached to an aromatic ring is 1. The van der Waals surface area contributed by atoms with Crippen LogP contribution in [0.3, 0.4) is 0 Å². The number of thioether (sulfide) groups is 1. The fraction of sp³-hybridized carbons (Fsp3) is 0.462. The molecule has 0 aliphatic carbocycles. The highest BCUT2D eigenvalue weighted by Crippen LogP contribution is 2.26. The van der Waals surface area contributed by atoms with Crippen molar-refractivity contribution in [1.82, 2.24) is 4.90 Å². The number of likely N-dealkylation sites (tertiary alicyclic amines) is 1. The van der Waals surface area contributed by atoms with E-state index in [1.807, 2.05) is 30.0 Å². The predicted octanol–water partition coefficient (Wildman–Crippen LogP) is 2.29. The van der Waals surface area contributed by atoms with Crippen LogP contribution >= 0.6 is 11.8 Å². The molecule has 1 saturated heterocycles. The monoisotopic (exact) mass is 250 g/mol. The lowest BCUT2D eigenvalue weighted by Gasteiger charge is -2.15. The average molecular weight is 250 g/mol. The fourth-order valence-electron chi connectivity index (χ4n) is 1.99. The Morgan fingerprint density at radius 1 is 1.41 bits per heavy atom. The van der Waals surface area contributed by atoms with Gasteiger partial charge in [0.2, 0.25) is 5.91 Å². The molecular formula is C13H18N2OS. The zero-order valence-corrected chi connectivity index (χ0v) is 10.9. The van der Waals surface area contributed by atoms with Gasteiger partial charge in [-0.15, -0.1) is 11.8 Å². The van der Waals surface area contributed by atoms with Crippen LogP contribution in [0.5, 0.6) is 0 Å². The summed E-state index contributed by atoms with van der Waals surface area (Å²) in [5, 5.41) is 0. The Labute approximate surface area is 106 Å². The first-order valence-electron chi connectivity index (χ1n) is 5.94. The molecule has 1 aromatic carbocycles. The molecule has 4 heteroatoms. The van der Waals surface area contributed by atoms with Gasteiger partial charge in [-0.3, -0.25) is 4.79 Å². The van der Waals surface area contributed by atoms with Crippen molar-refractivity contribution < 1.29 is 4.79 Å². The van der Waals surface area contributed by atoms with Crippen LogP contribution in [0.1, 0.15) is 18.4 Å². The number of hydrogen-bond acceptors (Lipinski definition) is 3. The molecule has 0 spiro atoms. The Morgan fingerprint density at radius 3 is 2.82 bits per heavy atom. The van der Waals surface area contributed by atoms with Crippen LogP contribution in [-0.2, 0) is 4.79 Å². The maximum absolute atomic E-state index is 11.9. The Morgan fingerprint density at radius 2 is 2.12 bits per heavy atom. The molecule has 1 aromatic rings. The molecule has 0 unspecified atom stereocenters. The Hall–Kier alpha value is -1.16. The number of anilines is 1. The van der Waals surface area contributed by atoms with Gasteiger partial charge in [-0.2, -0.15) is 0 Å². The van der Waals surface area contributed by atoms with E-state index in [9.17, 15) is 4.79 Å². The summed E-state index contributed by atoms with van der Waals surface area (Å²) in [5.74, 6) is 0.763. The molecule has 2 N–H and O–H groups in total. The number of amides is 1. The van der Waals surface area contributed by atoms with Gasteiger partial charge in [-0.05, 0) is 37.5 Å². The maximum atomic E-state index is 11.9. The molecule has 1 fully saturated rings. The number of benzene rings is 1. The number of hydrogen-bond donors (Lipinski definition) is 1. The minimum atomic E-state index is 0.245. The van der Waals surface area contributed by atoms with Crippen LogP contribution in [0.2, 0.25) is 0 Å². The molecule has 92 valence electrons. The van der Waals surface area contributed by atoms with E-state index in [4.69, 9.17) is 5.73 Å². The molecule has 17 heavy (non-hydrogen) atoms. The average Bonchev–Trinajstić information content (AvgIpc) is 2.84. The summed E-state index contributed by atoms with van der Waals surface area (Å²) in [5.41, 5.74) is 7.71. The third-order valence-corrected chi connectivity index (χ3v) is 4.28. The molecule has 0 saturated carbocycles. The van der Waals surface area contributed by atoms with E-state index in [0.717, 1.165) is 42.1 Å². The van der Waals surface area contributed by atoms with Gasteiger partial charge in [-0.1, -0.05) is 6.07 Å². The van der Waals surface area contributed by atoms with E-state index in [1.165, 1.54) is 0 Å². The second-order valence-corrected chi connectivity index (χ2v) is 5.36. The first-order valence-corrected chi connectivity index (χ1v) is 6.92. The molecule has 3 nitrogen and oxygen atoms in total. The molecule has 0 bridgehead atoms. The second kappa shape index (κ2) is 5.45. The molecule has 1 aliphatic rings. The topological polar surface area (TPSA) is 46.3 Å². The van der Waals surface area contributed by atoms with Gasteiger partial charge in [0.1, 0.15) is 0 Å². The van der Waals surface area contributed by atoms with Crippen LogP contribution in [0.4, 0.5) is 5.69 Å². The number of nitrogens with two attached hydrogens (primary N) is 1. The van der Waals surface area contributed by atoms with E-state index in [2.05, 4.69) is 0 Å². The highest BCUT2D eigenvalue weighted by molar-refractivity contribution is 8.00. The van der Waals surface area contributed by atoms with Gasteiger partial charge in [0.25, 0.3) is 0 Å². The van der Waals surface area contributed by atoms with Crippen molar-refractivity contribution in [3.63, 3.8) is 0 Å². The van der Waals surface area contributed by atoms with Crippen molar-refractivity contribution in [2.24, 2.45) is 0 Å². The van der Waals surface area contributed by atoms with E-state index < -0.39 is 0 Å². The van der Waals surface area contributed by atoms with Crippen molar-refractivity contribution in [2.45, 2.75) is 24.7 Å². The SMILES string of the molecule is Cc1c(N)cccc1SCC(=O)N1CCCC1. The lowest BCUT2D eigenvalue weighted by atomic mass is 10.2. The maximum Gasteiger partial charge on any atom is 0.232 e. The Kier molecular flexibility index (Phi) is 3.94. The molecule has 1 aliphatic heterocycles. The van der Waals surface area contributed by atoms with Gasteiger partial charge in [0.15, 0.2) is 0 Å². The first kappa shape index (κ1) is 12.3. The number of rotatable bonds is 3. The van der Waals surface area contributed by atoms with Gasteiger partial charge < -0.3 is 10.6 Å². The van der Waals surface area contributed by atoms with Crippen molar-refractivity contribution >= 4 is 23.4 Å². The molecule has 1 heterocycles. The predicted molar refractivity (Wildman–Crippen MR) is 72.1 cm³/mol. The summed E-state index contributed by atoms with van der Waals surface area (Å²) < 4.78 is 0. The van der Waals surface area contributed by atoms with E-state index in [0.29, 0.717) is 5.75 Å². The lowest BCUT2D eigenvalue weighted by Crippen LogP contribution is -2.29. The standard InChI is InChI=1S/C13H18N2OS/c1-10-11(14)5-4-6-12(10)17-9-13(16)15-7-2-3-8-15/h4-6H,2-3,7-9,14H2,1H3.